The van der Waals surface area contributed by atoms with Gasteiger partial charge in [0.2, 0.25) is 5.91 Å². The van der Waals surface area contributed by atoms with E-state index in [4.69, 9.17) is 9.57 Å². The maximum absolute atomic E-state index is 11.8. The van der Waals surface area contributed by atoms with Gasteiger partial charge in [0.1, 0.15) is 0 Å². The molecule has 1 amide bonds. The van der Waals surface area contributed by atoms with Crippen molar-refractivity contribution in [3.05, 3.63) is 0 Å². The van der Waals surface area contributed by atoms with Crippen LogP contribution in [0.4, 0.5) is 0 Å². The molecule has 4 heteroatoms. The van der Waals surface area contributed by atoms with Crippen LogP contribution in [0.3, 0.4) is 0 Å². The number of methoxy groups -OCH3 is 1. The molecule has 0 aromatic heterocycles. The van der Waals surface area contributed by atoms with Gasteiger partial charge in [-0.25, -0.2) is 5.48 Å². The number of amides is 1. The highest BCUT2D eigenvalue weighted by Gasteiger charge is 2.32. The van der Waals surface area contributed by atoms with Crippen molar-refractivity contribution in [3.8, 4) is 0 Å². The molecule has 1 N–H and O–H groups in total. The maximum atomic E-state index is 11.8. The van der Waals surface area contributed by atoms with Crippen molar-refractivity contribution in [2.75, 3.05) is 20.3 Å². The summed E-state index contributed by atoms with van der Waals surface area (Å²) in [6.45, 7) is 7.75. The van der Waals surface area contributed by atoms with E-state index in [1.165, 1.54) is 0 Å². The van der Waals surface area contributed by atoms with Crippen LogP contribution in [-0.4, -0.2) is 26.2 Å². The Bertz CT molecular complexity index is 252. The normalized spacial score (nSPS) is 24.9. The standard InChI is InChI=1S/C14H27NO3/c1-14(2,3)12-7-5-11(6-8-12)13(16)15-18-10-9-17-4/h11-12H,5-10H2,1-4H3,(H,15,16). The van der Waals surface area contributed by atoms with Crippen molar-refractivity contribution in [1.29, 1.82) is 0 Å². The number of nitrogens with one attached hydrogen (secondary N) is 1. The van der Waals surface area contributed by atoms with Gasteiger partial charge in [-0.1, -0.05) is 20.8 Å². The lowest BCUT2D eigenvalue weighted by Gasteiger charge is -2.36. The molecule has 106 valence electrons. The second kappa shape index (κ2) is 7.10. The molecule has 18 heavy (non-hydrogen) atoms. The summed E-state index contributed by atoms with van der Waals surface area (Å²) in [5.41, 5.74) is 2.88. The number of carbonyl (C=O) groups is 1. The number of rotatable bonds is 5. The Labute approximate surface area is 110 Å². The summed E-state index contributed by atoms with van der Waals surface area (Å²) in [5, 5.41) is 0. The zero-order valence-electron chi connectivity index (χ0n) is 12.1. The summed E-state index contributed by atoms with van der Waals surface area (Å²) in [6, 6.07) is 0. The number of hydroxylamine groups is 1. The van der Waals surface area contributed by atoms with Crippen LogP contribution in [0.25, 0.3) is 0 Å². The summed E-state index contributed by atoms with van der Waals surface area (Å²) < 4.78 is 4.84. The summed E-state index contributed by atoms with van der Waals surface area (Å²) in [7, 11) is 1.61. The van der Waals surface area contributed by atoms with Crippen LogP contribution in [0.15, 0.2) is 0 Å². The lowest BCUT2D eigenvalue weighted by Crippen LogP contribution is -2.35. The molecular weight excluding hydrogens is 230 g/mol. The Morgan fingerprint density at radius 1 is 1.17 bits per heavy atom. The molecule has 4 nitrogen and oxygen atoms in total. The maximum Gasteiger partial charge on any atom is 0.246 e. The van der Waals surface area contributed by atoms with Crippen molar-refractivity contribution >= 4 is 5.91 Å². The molecule has 0 unspecified atom stereocenters. The van der Waals surface area contributed by atoms with Crippen LogP contribution in [0.2, 0.25) is 0 Å². The van der Waals surface area contributed by atoms with E-state index in [9.17, 15) is 4.79 Å². The fourth-order valence-corrected chi connectivity index (χ4v) is 2.55. The topological polar surface area (TPSA) is 47.6 Å². The largest absolute Gasteiger partial charge is 0.382 e. The molecule has 0 aromatic carbocycles. The zero-order valence-corrected chi connectivity index (χ0v) is 12.1. The second-order valence-electron chi connectivity index (χ2n) is 6.22. The quantitative estimate of drug-likeness (QED) is 0.608. The fraction of sp³-hybridized carbons (Fsp3) is 0.929. The Morgan fingerprint density at radius 2 is 1.78 bits per heavy atom. The van der Waals surface area contributed by atoms with Crippen molar-refractivity contribution < 1.29 is 14.4 Å². The summed E-state index contributed by atoms with van der Waals surface area (Å²) in [4.78, 5) is 16.9. The first kappa shape index (κ1) is 15.4. The van der Waals surface area contributed by atoms with Gasteiger partial charge in [-0.2, -0.15) is 0 Å². The monoisotopic (exact) mass is 257 g/mol. The Hall–Kier alpha value is -0.610. The fourth-order valence-electron chi connectivity index (χ4n) is 2.55. The van der Waals surface area contributed by atoms with Crippen molar-refractivity contribution in [2.45, 2.75) is 46.5 Å². The van der Waals surface area contributed by atoms with Crippen LogP contribution in [0, 0.1) is 17.3 Å². The van der Waals surface area contributed by atoms with Crippen LogP contribution >= 0.6 is 0 Å². The molecule has 1 aliphatic rings. The number of ether oxygens (including phenoxy) is 1. The number of carbonyl (C=O) groups excluding carboxylic acids is 1. The van der Waals surface area contributed by atoms with E-state index in [0.717, 1.165) is 31.6 Å². The molecule has 0 radical (unpaired) electrons. The molecular formula is C14H27NO3. The smallest absolute Gasteiger partial charge is 0.246 e. The van der Waals surface area contributed by atoms with Gasteiger partial charge in [0.25, 0.3) is 0 Å². The Balaban J connectivity index is 2.23. The molecule has 1 saturated carbocycles. The zero-order chi connectivity index (χ0) is 13.6. The average molecular weight is 257 g/mol. The lowest BCUT2D eigenvalue weighted by atomic mass is 9.70. The highest BCUT2D eigenvalue weighted by Crippen LogP contribution is 2.39. The van der Waals surface area contributed by atoms with Gasteiger partial charge >= 0.3 is 0 Å². The molecule has 0 aromatic rings. The van der Waals surface area contributed by atoms with E-state index in [2.05, 4.69) is 26.3 Å². The highest BCUT2D eigenvalue weighted by atomic mass is 16.7. The third kappa shape index (κ3) is 4.94. The van der Waals surface area contributed by atoms with Gasteiger partial charge in [-0.3, -0.25) is 9.63 Å². The van der Waals surface area contributed by atoms with Gasteiger partial charge in [0.15, 0.2) is 0 Å². The van der Waals surface area contributed by atoms with Crippen LogP contribution in [0.5, 0.6) is 0 Å². The third-order valence-electron chi connectivity index (χ3n) is 3.88. The van der Waals surface area contributed by atoms with Gasteiger partial charge < -0.3 is 4.74 Å². The Morgan fingerprint density at radius 3 is 2.28 bits per heavy atom. The minimum Gasteiger partial charge on any atom is -0.382 e. The van der Waals surface area contributed by atoms with Crippen molar-refractivity contribution in [1.82, 2.24) is 5.48 Å². The molecule has 0 saturated heterocycles. The molecule has 0 heterocycles. The minimum atomic E-state index is 0.0264. The van der Waals surface area contributed by atoms with Gasteiger partial charge in [0.05, 0.1) is 13.2 Å². The summed E-state index contributed by atoms with van der Waals surface area (Å²) in [5.74, 6) is 0.876. The molecule has 0 bridgehead atoms. The first-order valence-electron chi connectivity index (χ1n) is 6.85. The molecule has 1 aliphatic carbocycles. The number of hydrogen-bond acceptors (Lipinski definition) is 3. The molecule has 0 atom stereocenters. The average Bonchev–Trinajstić information content (AvgIpc) is 2.33. The van der Waals surface area contributed by atoms with Gasteiger partial charge in [0, 0.05) is 13.0 Å². The van der Waals surface area contributed by atoms with Crippen molar-refractivity contribution in [3.63, 3.8) is 0 Å². The van der Waals surface area contributed by atoms with Crippen LogP contribution in [0.1, 0.15) is 46.5 Å². The molecule has 1 fully saturated rings. The first-order valence-corrected chi connectivity index (χ1v) is 6.85. The SMILES string of the molecule is COCCONC(=O)C1CCC(C(C)(C)C)CC1. The van der Waals surface area contributed by atoms with Gasteiger partial charge in [-0.05, 0) is 37.0 Å². The lowest BCUT2D eigenvalue weighted by molar-refractivity contribution is -0.140. The van der Waals surface area contributed by atoms with E-state index in [1.807, 2.05) is 0 Å². The minimum absolute atomic E-state index is 0.0264. The third-order valence-corrected chi connectivity index (χ3v) is 3.88. The van der Waals surface area contributed by atoms with Crippen LogP contribution < -0.4 is 5.48 Å². The summed E-state index contributed by atoms with van der Waals surface area (Å²) in [6.07, 6.45) is 4.22. The van der Waals surface area contributed by atoms with E-state index in [-0.39, 0.29) is 11.8 Å². The van der Waals surface area contributed by atoms with Crippen LogP contribution in [-0.2, 0) is 14.4 Å². The van der Waals surface area contributed by atoms with E-state index in [1.54, 1.807) is 7.11 Å². The predicted octanol–water partition coefficient (Wildman–Crippen LogP) is 2.53. The van der Waals surface area contributed by atoms with Crippen molar-refractivity contribution in [2.24, 2.45) is 17.3 Å². The van der Waals surface area contributed by atoms with Gasteiger partial charge in [-0.15, -0.1) is 0 Å². The molecule has 0 aliphatic heterocycles. The second-order valence-corrected chi connectivity index (χ2v) is 6.22. The van der Waals surface area contributed by atoms with E-state index >= 15 is 0 Å². The first-order chi connectivity index (χ1) is 8.45. The van der Waals surface area contributed by atoms with E-state index < -0.39 is 0 Å². The Kier molecular flexibility index (Phi) is 6.09. The summed E-state index contributed by atoms with van der Waals surface area (Å²) >= 11 is 0. The van der Waals surface area contributed by atoms with E-state index in [0.29, 0.717) is 18.6 Å². The molecule has 1 rings (SSSR count). The highest BCUT2D eigenvalue weighted by molar-refractivity contribution is 5.77. The number of hydrogen-bond donors (Lipinski definition) is 1. The predicted molar refractivity (Wildman–Crippen MR) is 70.9 cm³/mol. The molecule has 0 spiro atoms.